The average molecular weight is 593 g/mol. The molecule has 0 aromatic heterocycles. The van der Waals surface area contributed by atoms with Gasteiger partial charge in [0.05, 0.1) is 32.1 Å². The molecule has 0 bridgehead atoms. The highest BCUT2D eigenvalue weighted by Crippen LogP contribution is 2.28. The quantitative estimate of drug-likeness (QED) is 0.0774. The van der Waals surface area contributed by atoms with Gasteiger partial charge in [-0.1, -0.05) is 78.1 Å². The van der Waals surface area contributed by atoms with Gasteiger partial charge in [-0.15, -0.1) is 0 Å². The van der Waals surface area contributed by atoms with Gasteiger partial charge in [-0.25, -0.2) is 4.79 Å². The minimum absolute atomic E-state index is 0.0376. The third-order valence-electron chi connectivity index (χ3n) is 6.43. The van der Waals surface area contributed by atoms with E-state index in [0.29, 0.717) is 24.7 Å². The van der Waals surface area contributed by atoms with Crippen LogP contribution in [0.4, 0.5) is 0 Å². The van der Waals surface area contributed by atoms with Crippen LogP contribution in [-0.4, -0.2) is 41.0 Å². The Morgan fingerprint density at radius 2 is 1.10 bits per heavy atom. The van der Waals surface area contributed by atoms with Crippen molar-refractivity contribution in [2.75, 3.05) is 26.6 Å². The molecule has 0 N–H and O–H groups in total. The zero-order valence-corrected chi connectivity index (χ0v) is 26.1. The second kappa shape index (κ2) is 19.2. The van der Waals surface area contributed by atoms with Crippen LogP contribution >= 0.6 is 0 Å². The van der Waals surface area contributed by atoms with Gasteiger partial charge in [0.15, 0.2) is 0 Å². The van der Waals surface area contributed by atoms with Crippen molar-refractivity contribution < 1.29 is 36.3 Å². The van der Waals surface area contributed by atoms with E-state index in [-0.39, 0.29) is 23.7 Å². The maximum atomic E-state index is 12.1. The first-order valence-electron chi connectivity index (χ1n) is 14.9. The predicted octanol–water partition coefficient (Wildman–Crippen LogP) is 7.87. The van der Waals surface area contributed by atoms with Crippen molar-refractivity contribution >= 4 is 16.1 Å². The van der Waals surface area contributed by atoms with E-state index in [1.807, 2.05) is 18.2 Å². The number of unbranched alkanes of at least 4 members (excludes halogenated alkanes) is 10. The molecule has 41 heavy (non-hydrogen) atoms. The molecule has 0 heterocycles. The lowest BCUT2D eigenvalue weighted by atomic mass is 10.1. The molecule has 2 rings (SSSR count). The summed E-state index contributed by atoms with van der Waals surface area (Å²) in [5.41, 5.74) is 0.931. The van der Waals surface area contributed by atoms with Crippen LogP contribution < -0.4 is 18.4 Å². The Labute approximate surface area is 246 Å². The molecule has 230 valence electrons. The minimum atomic E-state index is -3.80. The van der Waals surface area contributed by atoms with E-state index in [4.69, 9.17) is 23.1 Å². The monoisotopic (exact) mass is 592 g/mol. The molecule has 2 aromatic rings. The summed E-state index contributed by atoms with van der Waals surface area (Å²) >= 11 is 0. The number of carbonyl (C=O) groups excluding carboxylic acids is 1. The lowest BCUT2D eigenvalue weighted by Gasteiger charge is -2.14. The van der Waals surface area contributed by atoms with E-state index in [1.165, 1.54) is 76.7 Å². The van der Waals surface area contributed by atoms with Gasteiger partial charge >= 0.3 is 16.1 Å². The van der Waals surface area contributed by atoms with Crippen LogP contribution in [0.15, 0.2) is 36.4 Å². The van der Waals surface area contributed by atoms with Gasteiger partial charge in [0, 0.05) is 12.1 Å². The molecule has 0 saturated carbocycles. The number of esters is 1. The molecular weight excluding hydrogens is 544 g/mol. The van der Waals surface area contributed by atoms with Gasteiger partial charge in [0.2, 0.25) is 0 Å². The Morgan fingerprint density at radius 3 is 1.61 bits per heavy atom. The maximum Gasteiger partial charge on any atom is 0.338 e. The van der Waals surface area contributed by atoms with Crippen molar-refractivity contribution in [3.63, 3.8) is 0 Å². The number of hydrogen-bond donors (Lipinski definition) is 0. The molecule has 0 fully saturated rings. The summed E-state index contributed by atoms with van der Waals surface area (Å²) in [6.45, 7) is 5.82. The van der Waals surface area contributed by atoms with Crippen LogP contribution in [0.25, 0.3) is 0 Å². The molecule has 0 radical (unpaired) electrons. The zero-order valence-electron chi connectivity index (χ0n) is 25.2. The number of carbonyl (C=O) groups is 1. The molecule has 2 aromatic carbocycles. The van der Waals surface area contributed by atoms with E-state index < -0.39 is 16.1 Å². The van der Waals surface area contributed by atoms with E-state index in [2.05, 4.69) is 13.8 Å². The number of rotatable bonds is 22. The van der Waals surface area contributed by atoms with Crippen molar-refractivity contribution in [1.29, 1.82) is 0 Å². The molecule has 0 unspecified atom stereocenters. The molecule has 0 aliphatic heterocycles. The van der Waals surface area contributed by atoms with E-state index in [0.717, 1.165) is 37.5 Å². The van der Waals surface area contributed by atoms with Crippen LogP contribution in [0.2, 0.25) is 0 Å². The van der Waals surface area contributed by atoms with Crippen molar-refractivity contribution in [1.82, 2.24) is 0 Å². The number of benzene rings is 2. The van der Waals surface area contributed by atoms with Crippen LogP contribution in [0.1, 0.15) is 107 Å². The first-order valence-corrected chi connectivity index (χ1v) is 16.7. The lowest BCUT2D eigenvalue weighted by Crippen LogP contribution is -2.08. The van der Waals surface area contributed by atoms with E-state index in [1.54, 1.807) is 0 Å². The topological polar surface area (TPSA) is 97.4 Å². The average Bonchev–Trinajstić information content (AvgIpc) is 2.93. The molecule has 8 nitrogen and oxygen atoms in total. The largest absolute Gasteiger partial charge is 0.493 e. The summed E-state index contributed by atoms with van der Waals surface area (Å²) in [4.78, 5) is 12.1. The summed E-state index contributed by atoms with van der Waals surface area (Å²) in [6.07, 6.45) is 15.1. The second-order valence-corrected chi connectivity index (χ2v) is 11.9. The van der Waals surface area contributed by atoms with Crippen LogP contribution in [0, 0.1) is 0 Å². The standard InChI is InChI=1S/C32H48O8S/c1-5-7-9-11-13-15-17-37-28-19-26(20-29(23-28)38-18-16-14-12-10-8-6-2)25-39-30-21-27(32(33)36-3)22-31(24-30)40-41(4,34)35/h19-24H,5-18,25H2,1-4H3. The van der Waals surface area contributed by atoms with E-state index >= 15 is 0 Å². The molecule has 0 amide bonds. The summed E-state index contributed by atoms with van der Waals surface area (Å²) in [5, 5.41) is 0. The van der Waals surface area contributed by atoms with Crippen LogP contribution in [0.5, 0.6) is 23.0 Å². The Hall–Kier alpha value is -2.94. The van der Waals surface area contributed by atoms with Gasteiger partial charge in [-0.2, -0.15) is 8.42 Å². The van der Waals surface area contributed by atoms with Gasteiger partial charge in [0.1, 0.15) is 29.6 Å². The lowest BCUT2D eigenvalue weighted by molar-refractivity contribution is 0.0599. The zero-order chi connectivity index (χ0) is 29.9. The molecule has 0 aliphatic carbocycles. The maximum absolute atomic E-state index is 12.1. The first kappa shape index (κ1) is 34.3. The molecule has 0 spiro atoms. The SMILES string of the molecule is CCCCCCCCOc1cc(COc2cc(OS(C)(=O)=O)cc(C(=O)OC)c2)cc(OCCCCCCCC)c1. The Bertz CT molecular complexity index is 1110. The van der Waals surface area contributed by atoms with Gasteiger partial charge in [-0.05, 0) is 42.7 Å². The summed E-state index contributed by atoms with van der Waals surface area (Å²) in [5.74, 6) is 1.01. The van der Waals surface area contributed by atoms with Gasteiger partial charge in [-0.3, -0.25) is 0 Å². The Balaban J connectivity index is 2.10. The van der Waals surface area contributed by atoms with Crippen LogP contribution in [-0.2, 0) is 21.5 Å². The highest BCUT2D eigenvalue weighted by atomic mass is 32.2. The van der Waals surface area contributed by atoms with E-state index in [9.17, 15) is 13.2 Å². The molecule has 9 heteroatoms. The third-order valence-corrected chi connectivity index (χ3v) is 6.92. The summed E-state index contributed by atoms with van der Waals surface area (Å²) < 4.78 is 51.2. The Morgan fingerprint density at radius 1 is 0.634 bits per heavy atom. The molecule has 0 aliphatic rings. The highest BCUT2D eigenvalue weighted by Gasteiger charge is 2.14. The molecule has 0 atom stereocenters. The summed E-state index contributed by atoms with van der Waals surface area (Å²) in [6, 6.07) is 9.93. The molecule has 0 saturated heterocycles. The highest BCUT2D eigenvalue weighted by molar-refractivity contribution is 7.86. The van der Waals surface area contributed by atoms with Gasteiger partial charge in [0.25, 0.3) is 0 Å². The smallest absolute Gasteiger partial charge is 0.338 e. The van der Waals surface area contributed by atoms with Crippen molar-refractivity contribution in [2.45, 2.75) is 97.5 Å². The Kier molecular flexibility index (Phi) is 16.1. The van der Waals surface area contributed by atoms with Crippen LogP contribution in [0.3, 0.4) is 0 Å². The fourth-order valence-electron chi connectivity index (χ4n) is 4.31. The minimum Gasteiger partial charge on any atom is -0.493 e. The number of ether oxygens (including phenoxy) is 4. The fraction of sp³-hybridized carbons (Fsp3) is 0.594. The fourth-order valence-corrected chi connectivity index (χ4v) is 4.75. The second-order valence-electron chi connectivity index (χ2n) is 10.3. The number of methoxy groups -OCH3 is 1. The third kappa shape index (κ3) is 15.0. The molecular formula is C32H48O8S. The predicted molar refractivity (Wildman–Crippen MR) is 162 cm³/mol. The summed E-state index contributed by atoms with van der Waals surface area (Å²) in [7, 11) is -2.55. The first-order chi connectivity index (χ1) is 19.7. The van der Waals surface area contributed by atoms with Crippen molar-refractivity contribution in [3.8, 4) is 23.0 Å². The van der Waals surface area contributed by atoms with Gasteiger partial charge < -0.3 is 23.1 Å². The van der Waals surface area contributed by atoms with Crippen molar-refractivity contribution in [2.24, 2.45) is 0 Å². The number of hydrogen-bond acceptors (Lipinski definition) is 8. The normalized spacial score (nSPS) is 11.2. The van der Waals surface area contributed by atoms with Crippen molar-refractivity contribution in [3.05, 3.63) is 47.5 Å².